The van der Waals surface area contributed by atoms with Crippen LogP contribution in [0.25, 0.3) is 0 Å². The molecule has 0 saturated carbocycles. The van der Waals surface area contributed by atoms with Crippen molar-refractivity contribution in [2.24, 2.45) is 0 Å². The topological polar surface area (TPSA) is 125 Å². The Morgan fingerprint density at radius 1 is 0.970 bits per heavy atom. The molecule has 0 aliphatic rings. The first kappa shape index (κ1) is 28.2. The van der Waals surface area contributed by atoms with Crippen molar-refractivity contribution in [3.05, 3.63) is 41.3 Å². The van der Waals surface area contributed by atoms with Crippen LogP contribution >= 0.6 is 0 Å². The predicted octanol–water partition coefficient (Wildman–Crippen LogP) is 3.98. The minimum atomic E-state index is -3.68. The number of nitrogens with zero attached hydrogens (tertiary/aromatic N) is 1. The lowest BCUT2D eigenvalue weighted by molar-refractivity contribution is -0.125. The molecule has 182 valence electrons. The average Bonchev–Trinajstić information content (AvgIpc) is 2.72. The number of nitrogens with one attached hydrogen (secondary N) is 2. The standard InChI is InChI=1S/C24H35N3O5S/c1-23(2,3)32-22(29)27-17-9-7-6-8-16-26-21(28)24(4,5)19-11-13-20(14-12-19)33(30,31)18-10-15-25/h10-14,18H,6-9,16-17H2,1-5H3,(H,26,28)(H,27,29). The first-order valence-corrected chi connectivity index (χ1v) is 12.5. The van der Waals surface area contributed by atoms with Gasteiger partial charge in [0, 0.05) is 24.6 Å². The average molecular weight is 478 g/mol. The Morgan fingerprint density at radius 3 is 2.03 bits per heavy atom. The molecule has 0 bridgehead atoms. The normalized spacial score (nSPS) is 12.2. The molecular weight excluding hydrogens is 442 g/mol. The van der Waals surface area contributed by atoms with E-state index < -0.39 is 26.9 Å². The lowest BCUT2D eigenvalue weighted by Gasteiger charge is -2.24. The highest BCUT2D eigenvalue weighted by Crippen LogP contribution is 2.25. The molecule has 1 aromatic carbocycles. The fourth-order valence-electron chi connectivity index (χ4n) is 2.92. The van der Waals surface area contributed by atoms with Gasteiger partial charge in [0.1, 0.15) is 5.60 Å². The second kappa shape index (κ2) is 12.4. The maximum atomic E-state index is 12.7. The Kier molecular flexibility index (Phi) is 10.6. The summed E-state index contributed by atoms with van der Waals surface area (Å²) in [6.07, 6.45) is 3.98. The van der Waals surface area contributed by atoms with E-state index in [4.69, 9.17) is 10.00 Å². The number of alkyl carbamates (subject to hydrolysis) is 1. The van der Waals surface area contributed by atoms with Crippen LogP contribution in [0.2, 0.25) is 0 Å². The third kappa shape index (κ3) is 10.1. The van der Waals surface area contributed by atoms with Gasteiger partial charge in [-0.3, -0.25) is 4.79 Å². The number of ether oxygens (including phenoxy) is 1. The molecule has 0 fully saturated rings. The summed E-state index contributed by atoms with van der Waals surface area (Å²) < 4.78 is 29.4. The molecule has 33 heavy (non-hydrogen) atoms. The highest BCUT2D eigenvalue weighted by molar-refractivity contribution is 7.94. The summed E-state index contributed by atoms with van der Waals surface area (Å²) in [5, 5.41) is 15.0. The van der Waals surface area contributed by atoms with Crippen LogP contribution in [0.5, 0.6) is 0 Å². The maximum Gasteiger partial charge on any atom is 0.407 e. The van der Waals surface area contributed by atoms with E-state index in [9.17, 15) is 18.0 Å². The van der Waals surface area contributed by atoms with Crippen LogP contribution in [0.3, 0.4) is 0 Å². The second-order valence-electron chi connectivity index (χ2n) is 9.23. The van der Waals surface area contributed by atoms with Gasteiger partial charge >= 0.3 is 6.09 Å². The SMILES string of the molecule is CC(C)(C)OC(=O)NCCCCCCNC(=O)C(C)(C)c1ccc(S(=O)(=O)C=CC#N)cc1. The van der Waals surface area contributed by atoms with Crippen LogP contribution in [0.1, 0.15) is 65.9 Å². The van der Waals surface area contributed by atoms with Gasteiger partial charge in [-0.1, -0.05) is 25.0 Å². The number of unbranched alkanes of at least 4 members (excludes halogenated alkanes) is 3. The zero-order chi connectivity index (χ0) is 25.1. The molecule has 8 nitrogen and oxygen atoms in total. The molecule has 1 aromatic rings. The zero-order valence-electron chi connectivity index (χ0n) is 20.1. The van der Waals surface area contributed by atoms with Gasteiger partial charge in [-0.25, -0.2) is 13.2 Å². The van der Waals surface area contributed by atoms with E-state index in [1.165, 1.54) is 12.1 Å². The van der Waals surface area contributed by atoms with Crippen molar-refractivity contribution in [2.75, 3.05) is 13.1 Å². The van der Waals surface area contributed by atoms with Crippen LogP contribution in [0.4, 0.5) is 4.79 Å². The molecule has 0 aromatic heterocycles. The van der Waals surface area contributed by atoms with Gasteiger partial charge in [0.2, 0.25) is 15.7 Å². The third-order valence-corrected chi connectivity index (χ3v) is 6.27. The number of allylic oxidation sites excluding steroid dienone is 1. The van der Waals surface area contributed by atoms with Gasteiger partial charge in [-0.05, 0) is 65.2 Å². The van der Waals surface area contributed by atoms with Gasteiger partial charge in [0.25, 0.3) is 0 Å². The molecule has 0 spiro atoms. The molecule has 0 saturated heterocycles. The number of hydrogen-bond acceptors (Lipinski definition) is 6. The van der Waals surface area contributed by atoms with Crippen molar-refractivity contribution in [3.8, 4) is 6.07 Å². The maximum absolute atomic E-state index is 12.7. The van der Waals surface area contributed by atoms with Crippen LogP contribution in [0.15, 0.2) is 40.6 Å². The monoisotopic (exact) mass is 477 g/mol. The number of amides is 2. The largest absolute Gasteiger partial charge is 0.444 e. The van der Waals surface area contributed by atoms with E-state index >= 15 is 0 Å². The summed E-state index contributed by atoms with van der Waals surface area (Å²) in [5.74, 6) is -0.144. The highest BCUT2D eigenvalue weighted by atomic mass is 32.2. The summed E-state index contributed by atoms with van der Waals surface area (Å²) in [5.41, 5.74) is -0.649. The van der Waals surface area contributed by atoms with E-state index in [1.54, 1.807) is 32.0 Å². The number of carbonyl (C=O) groups is 2. The molecule has 0 radical (unpaired) electrons. The third-order valence-electron chi connectivity index (χ3n) is 4.85. The van der Waals surface area contributed by atoms with E-state index in [1.807, 2.05) is 20.8 Å². The van der Waals surface area contributed by atoms with Crippen molar-refractivity contribution >= 4 is 21.8 Å². The molecular formula is C24H35N3O5S. The lowest BCUT2D eigenvalue weighted by Crippen LogP contribution is -2.40. The Balaban J connectivity index is 2.41. The summed E-state index contributed by atoms with van der Waals surface area (Å²) in [6.45, 7) is 10.1. The number of nitriles is 1. The Morgan fingerprint density at radius 2 is 1.52 bits per heavy atom. The highest BCUT2D eigenvalue weighted by Gasteiger charge is 2.29. The number of carbonyl (C=O) groups excluding carboxylic acids is 2. The lowest BCUT2D eigenvalue weighted by atomic mass is 9.84. The van der Waals surface area contributed by atoms with Crippen molar-refractivity contribution in [1.82, 2.24) is 10.6 Å². The van der Waals surface area contributed by atoms with E-state index in [0.29, 0.717) is 18.7 Å². The van der Waals surface area contributed by atoms with E-state index in [2.05, 4.69) is 10.6 Å². The van der Waals surface area contributed by atoms with Gasteiger partial charge in [-0.2, -0.15) is 5.26 Å². The molecule has 0 unspecified atom stereocenters. The summed E-state index contributed by atoms with van der Waals surface area (Å²) in [6, 6.07) is 7.77. The van der Waals surface area contributed by atoms with Crippen LogP contribution in [-0.4, -0.2) is 39.1 Å². The fraction of sp³-hybridized carbons (Fsp3) is 0.542. The van der Waals surface area contributed by atoms with Crippen molar-refractivity contribution < 1.29 is 22.7 Å². The van der Waals surface area contributed by atoms with Gasteiger partial charge in [0.05, 0.1) is 16.4 Å². The second-order valence-corrected chi connectivity index (χ2v) is 11.1. The fourth-order valence-corrected chi connectivity index (χ4v) is 3.83. The first-order chi connectivity index (χ1) is 15.3. The van der Waals surface area contributed by atoms with Crippen molar-refractivity contribution in [2.45, 2.75) is 76.2 Å². The summed E-state index contributed by atoms with van der Waals surface area (Å²) >= 11 is 0. The Labute approximate surface area is 197 Å². The molecule has 0 aliphatic carbocycles. The first-order valence-electron chi connectivity index (χ1n) is 11.0. The number of benzene rings is 1. The smallest absolute Gasteiger partial charge is 0.407 e. The summed E-state index contributed by atoms with van der Waals surface area (Å²) in [7, 11) is -3.68. The molecule has 0 aliphatic heterocycles. The number of rotatable bonds is 11. The van der Waals surface area contributed by atoms with Gasteiger partial charge in [-0.15, -0.1) is 0 Å². The predicted molar refractivity (Wildman–Crippen MR) is 127 cm³/mol. The van der Waals surface area contributed by atoms with Gasteiger partial charge < -0.3 is 15.4 Å². The quantitative estimate of drug-likeness (QED) is 0.367. The molecule has 0 heterocycles. The van der Waals surface area contributed by atoms with Crippen LogP contribution < -0.4 is 10.6 Å². The molecule has 2 amide bonds. The zero-order valence-corrected chi connectivity index (χ0v) is 20.9. The number of sulfone groups is 1. The van der Waals surface area contributed by atoms with Crippen molar-refractivity contribution in [3.63, 3.8) is 0 Å². The van der Waals surface area contributed by atoms with Gasteiger partial charge in [0.15, 0.2) is 0 Å². The Hall–Kier alpha value is -2.86. The minimum absolute atomic E-state index is 0.0649. The van der Waals surface area contributed by atoms with E-state index in [-0.39, 0.29) is 10.8 Å². The number of hydrogen-bond donors (Lipinski definition) is 2. The molecule has 2 N–H and O–H groups in total. The minimum Gasteiger partial charge on any atom is -0.444 e. The molecule has 9 heteroatoms. The van der Waals surface area contributed by atoms with Crippen LogP contribution in [0, 0.1) is 11.3 Å². The Bertz CT molecular complexity index is 969. The van der Waals surface area contributed by atoms with Crippen LogP contribution in [-0.2, 0) is 24.8 Å². The van der Waals surface area contributed by atoms with Crippen molar-refractivity contribution in [1.29, 1.82) is 5.26 Å². The van der Waals surface area contributed by atoms with E-state index in [0.717, 1.165) is 37.2 Å². The molecule has 1 rings (SSSR count). The molecule has 0 atom stereocenters. The summed E-state index contributed by atoms with van der Waals surface area (Å²) in [4.78, 5) is 24.3.